The van der Waals surface area contributed by atoms with Gasteiger partial charge in [-0.15, -0.1) is 0 Å². The summed E-state index contributed by atoms with van der Waals surface area (Å²) in [6.45, 7) is 9.41. The molecule has 6 nitrogen and oxygen atoms in total. The quantitative estimate of drug-likeness (QED) is 0.0465. The van der Waals surface area contributed by atoms with E-state index in [-0.39, 0.29) is 11.8 Å². The largest absolute Gasteiger partial charge is 0.339 e. The zero-order chi connectivity index (χ0) is 38.3. The van der Waals surface area contributed by atoms with Crippen molar-refractivity contribution in [2.45, 2.75) is 206 Å². The van der Waals surface area contributed by atoms with Crippen molar-refractivity contribution in [1.82, 2.24) is 19.6 Å². The number of rotatable bonds is 40. The number of carbonyl (C=O) groups is 2. The van der Waals surface area contributed by atoms with E-state index in [0.717, 1.165) is 64.7 Å². The summed E-state index contributed by atoms with van der Waals surface area (Å²) in [4.78, 5) is 35.0. The lowest BCUT2D eigenvalue weighted by atomic mass is 10.0. The first-order valence-corrected chi connectivity index (χ1v) is 22.8. The van der Waals surface area contributed by atoms with Gasteiger partial charge in [-0.05, 0) is 67.0 Å². The molecule has 0 saturated carbocycles. The number of amides is 2. The molecular formula is C46H92N4O2. The Labute approximate surface area is 326 Å². The maximum Gasteiger partial charge on any atom is 0.222 e. The van der Waals surface area contributed by atoms with Crippen LogP contribution in [0.15, 0.2) is 12.2 Å². The van der Waals surface area contributed by atoms with E-state index in [1.165, 1.54) is 141 Å². The number of hydrogen-bond acceptors (Lipinski definition) is 4. The third-order valence-electron chi connectivity index (χ3n) is 10.6. The molecule has 0 aromatic carbocycles. The molecule has 0 unspecified atom stereocenters. The van der Waals surface area contributed by atoms with Crippen molar-refractivity contribution in [2.24, 2.45) is 0 Å². The Morgan fingerprint density at radius 1 is 0.346 bits per heavy atom. The first-order chi connectivity index (χ1) is 25.3. The third-order valence-corrected chi connectivity index (χ3v) is 10.6. The molecule has 0 radical (unpaired) electrons. The SMILES string of the molecule is CCCCCCCCCCCCCCCC(=O)N(CC=CCN(CCCN(C)C)C(=O)CCCCCCCCCCCCCCC)CCCN(C)C. The van der Waals surface area contributed by atoms with Gasteiger partial charge in [0.15, 0.2) is 0 Å². The van der Waals surface area contributed by atoms with E-state index in [2.05, 4.69) is 64.0 Å². The molecule has 0 saturated heterocycles. The lowest BCUT2D eigenvalue weighted by Gasteiger charge is -2.24. The third kappa shape index (κ3) is 35.6. The summed E-state index contributed by atoms with van der Waals surface area (Å²) >= 11 is 0. The van der Waals surface area contributed by atoms with Crippen LogP contribution >= 0.6 is 0 Å². The van der Waals surface area contributed by atoms with Gasteiger partial charge in [0.25, 0.3) is 0 Å². The van der Waals surface area contributed by atoms with Crippen LogP contribution in [-0.4, -0.2) is 98.9 Å². The Kier molecular flexibility index (Phi) is 38.2. The molecule has 52 heavy (non-hydrogen) atoms. The molecule has 0 aliphatic carbocycles. The maximum atomic E-state index is 13.3. The number of carbonyl (C=O) groups excluding carboxylic acids is 2. The standard InChI is InChI=1S/C46H92N4O2/c1-7-9-11-13-15-17-19-21-23-25-27-29-31-37-45(51)49(43-35-39-47(3)4)41-33-34-42-50(44-36-40-48(5)6)46(52)38-32-30-28-26-24-22-20-18-16-14-12-10-8-2/h33-34H,7-32,35-44H2,1-6H3. The van der Waals surface area contributed by atoms with E-state index < -0.39 is 0 Å². The van der Waals surface area contributed by atoms with Gasteiger partial charge in [-0.1, -0.05) is 180 Å². The van der Waals surface area contributed by atoms with Crippen LogP contribution < -0.4 is 0 Å². The molecule has 2 amide bonds. The summed E-state index contributed by atoms with van der Waals surface area (Å²) in [7, 11) is 8.39. The first kappa shape index (κ1) is 50.6. The summed E-state index contributed by atoms with van der Waals surface area (Å²) in [6.07, 6.45) is 41.9. The Bertz CT molecular complexity index is 735. The highest BCUT2D eigenvalue weighted by molar-refractivity contribution is 5.76. The summed E-state index contributed by atoms with van der Waals surface area (Å²) in [5.41, 5.74) is 0. The molecule has 308 valence electrons. The van der Waals surface area contributed by atoms with E-state index >= 15 is 0 Å². The zero-order valence-electron chi connectivity index (χ0n) is 36.2. The normalized spacial score (nSPS) is 11.8. The molecule has 0 aliphatic heterocycles. The summed E-state index contributed by atoms with van der Waals surface area (Å²) < 4.78 is 0. The first-order valence-electron chi connectivity index (χ1n) is 22.8. The minimum absolute atomic E-state index is 0.285. The topological polar surface area (TPSA) is 47.1 Å². The lowest BCUT2D eigenvalue weighted by Crippen LogP contribution is -2.34. The minimum atomic E-state index is 0.285. The monoisotopic (exact) mass is 733 g/mol. The molecule has 0 heterocycles. The van der Waals surface area contributed by atoms with Crippen LogP contribution in [0.3, 0.4) is 0 Å². The molecule has 0 spiro atoms. The van der Waals surface area contributed by atoms with Gasteiger partial charge < -0.3 is 19.6 Å². The maximum absolute atomic E-state index is 13.3. The second-order valence-electron chi connectivity index (χ2n) is 16.4. The van der Waals surface area contributed by atoms with Gasteiger partial charge in [0.2, 0.25) is 11.8 Å². The summed E-state index contributed by atoms with van der Waals surface area (Å²) in [5.74, 6) is 0.570. The van der Waals surface area contributed by atoms with Crippen molar-refractivity contribution in [3.8, 4) is 0 Å². The molecular weight excluding hydrogens is 641 g/mol. The second kappa shape index (κ2) is 39.3. The van der Waals surface area contributed by atoms with Gasteiger partial charge >= 0.3 is 0 Å². The van der Waals surface area contributed by atoms with Crippen molar-refractivity contribution >= 4 is 11.8 Å². The lowest BCUT2D eigenvalue weighted by molar-refractivity contribution is -0.131. The molecule has 6 heteroatoms. The molecule has 0 rings (SSSR count). The minimum Gasteiger partial charge on any atom is -0.339 e. The van der Waals surface area contributed by atoms with Gasteiger partial charge in [0.1, 0.15) is 0 Å². The summed E-state index contributed by atoms with van der Waals surface area (Å²) in [6, 6.07) is 0. The van der Waals surface area contributed by atoms with Crippen molar-refractivity contribution in [3.05, 3.63) is 12.2 Å². The fourth-order valence-electron chi connectivity index (χ4n) is 7.10. The van der Waals surface area contributed by atoms with Crippen LogP contribution in [0.1, 0.15) is 206 Å². The highest BCUT2D eigenvalue weighted by atomic mass is 16.2. The van der Waals surface area contributed by atoms with Crippen molar-refractivity contribution in [1.29, 1.82) is 0 Å². The Balaban J connectivity index is 4.53. The van der Waals surface area contributed by atoms with Gasteiger partial charge in [0.05, 0.1) is 0 Å². The Morgan fingerprint density at radius 3 is 0.846 bits per heavy atom. The second-order valence-corrected chi connectivity index (χ2v) is 16.4. The van der Waals surface area contributed by atoms with Gasteiger partial charge in [-0.3, -0.25) is 9.59 Å². The average Bonchev–Trinajstić information content (AvgIpc) is 3.11. The highest BCUT2D eigenvalue weighted by Gasteiger charge is 2.14. The van der Waals surface area contributed by atoms with Crippen molar-refractivity contribution in [3.63, 3.8) is 0 Å². The predicted octanol–water partition coefficient (Wildman–Crippen LogP) is 12.1. The zero-order valence-corrected chi connectivity index (χ0v) is 36.2. The van der Waals surface area contributed by atoms with Crippen molar-refractivity contribution in [2.75, 3.05) is 67.5 Å². The fraction of sp³-hybridized carbons (Fsp3) is 0.913. The smallest absolute Gasteiger partial charge is 0.222 e. The number of nitrogens with zero attached hydrogens (tertiary/aromatic N) is 4. The van der Waals surface area contributed by atoms with E-state index in [1.807, 2.05) is 9.80 Å². The number of hydrogen-bond donors (Lipinski definition) is 0. The van der Waals surface area contributed by atoms with Gasteiger partial charge in [0, 0.05) is 39.0 Å². The molecule has 0 aliphatic rings. The molecule has 0 N–H and O–H groups in total. The van der Waals surface area contributed by atoms with Crippen molar-refractivity contribution < 1.29 is 9.59 Å². The van der Waals surface area contributed by atoms with E-state index in [0.29, 0.717) is 25.9 Å². The van der Waals surface area contributed by atoms with Crippen LogP contribution in [0.2, 0.25) is 0 Å². The molecule has 0 fully saturated rings. The van der Waals surface area contributed by atoms with Gasteiger partial charge in [-0.25, -0.2) is 0 Å². The number of unbranched alkanes of at least 4 members (excludes halogenated alkanes) is 24. The average molecular weight is 733 g/mol. The highest BCUT2D eigenvalue weighted by Crippen LogP contribution is 2.15. The van der Waals surface area contributed by atoms with Crippen LogP contribution in [0, 0.1) is 0 Å². The predicted molar refractivity (Wildman–Crippen MR) is 229 cm³/mol. The van der Waals surface area contributed by atoms with Crippen LogP contribution in [0.4, 0.5) is 0 Å². The Morgan fingerprint density at radius 2 is 0.596 bits per heavy atom. The molecule has 0 aromatic rings. The fourth-order valence-corrected chi connectivity index (χ4v) is 7.10. The van der Waals surface area contributed by atoms with E-state index in [1.54, 1.807) is 0 Å². The van der Waals surface area contributed by atoms with Gasteiger partial charge in [-0.2, -0.15) is 0 Å². The van der Waals surface area contributed by atoms with Crippen LogP contribution in [0.5, 0.6) is 0 Å². The van der Waals surface area contributed by atoms with Crippen LogP contribution in [0.25, 0.3) is 0 Å². The molecule has 0 aromatic heterocycles. The van der Waals surface area contributed by atoms with E-state index in [4.69, 9.17) is 0 Å². The van der Waals surface area contributed by atoms with E-state index in [9.17, 15) is 9.59 Å². The van der Waals surface area contributed by atoms with Crippen LogP contribution in [-0.2, 0) is 9.59 Å². The molecule has 0 bridgehead atoms. The molecule has 0 atom stereocenters. The Hall–Kier alpha value is -1.40. The summed E-state index contributed by atoms with van der Waals surface area (Å²) in [5, 5.41) is 0.